The zero-order chi connectivity index (χ0) is 44.3. The standard InChI is InChI=1S/C60H39N7/c1-6-19-41(20-7-1)56-61-57(42-21-8-2-9-22-42)63-58(62-56)45-26-18-25-44(39-45)40-33-35-48(36-34-40)65-50-32-17-16-31-49(50)53-51(65)37-38-52-54(53)55-60(66(52)46-27-12-4-13-28-46)64-59(43-23-10-3-11-24-43)67(55)47-29-14-5-15-30-47/h1-39H. The monoisotopic (exact) mass is 857 g/mol. The van der Waals surface area contributed by atoms with Gasteiger partial charge in [0.25, 0.3) is 0 Å². The lowest BCUT2D eigenvalue weighted by molar-refractivity contribution is 1.07. The normalized spacial score (nSPS) is 11.6. The summed E-state index contributed by atoms with van der Waals surface area (Å²) in [7, 11) is 0. The molecule has 0 saturated carbocycles. The number of benzene rings is 9. The average molecular weight is 858 g/mol. The molecule has 0 radical (unpaired) electrons. The quantitative estimate of drug-likeness (QED) is 0.153. The van der Waals surface area contributed by atoms with Crippen LogP contribution in [0.3, 0.4) is 0 Å². The highest BCUT2D eigenvalue weighted by molar-refractivity contribution is 6.28. The van der Waals surface area contributed by atoms with E-state index in [1.807, 2.05) is 60.7 Å². The van der Waals surface area contributed by atoms with Gasteiger partial charge in [-0.2, -0.15) is 0 Å². The van der Waals surface area contributed by atoms with Gasteiger partial charge < -0.3 is 4.57 Å². The Morgan fingerprint density at radius 3 is 1.34 bits per heavy atom. The number of hydrogen-bond donors (Lipinski definition) is 0. The third-order valence-corrected chi connectivity index (χ3v) is 12.7. The third kappa shape index (κ3) is 6.44. The fraction of sp³-hybridized carbons (Fsp3) is 0. The second kappa shape index (κ2) is 15.8. The van der Waals surface area contributed by atoms with E-state index >= 15 is 0 Å². The smallest absolute Gasteiger partial charge is 0.165 e. The molecule has 4 aromatic heterocycles. The van der Waals surface area contributed by atoms with Crippen molar-refractivity contribution in [2.24, 2.45) is 0 Å². The predicted molar refractivity (Wildman–Crippen MR) is 273 cm³/mol. The maximum absolute atomic E-state index is 5.53. The van der Waals surface area contributed by atoms with E-state index in [4.69, 9.17) is 19.9 Å². The Balaban J connectivity index is 0.983. The number of para-hydroxylation sites is 3. The van der Waals surface area contributed by atoms with Crippen LogP contribution >= 0.6 is 0 Å². The molecule has 0 unspecified atom stereocenters. The highest BCUT2D eigenvalue weighted by Gasteiger charge is 2.27. The van der Waals surface area contributed by atoms with E-state index in [1.54, 1.807) is 0 Å². The summed E-state index contributed by atoms with van der Waals surface area (Å²) in [6.45, 7) is 0. The van der Waals surface area contributed by atoms with Gasteiger partial charge in [-0.1, -0.05) is 176 Å². The summed E-state index contributed by atoms with van der Waals surface area (Å²) in [5, 5.41) is 3.52. The molecule has 9 aromatic carbocycles. The van der Waals surface area contributed by atoms with Crippen LogP contribution < -0.4 is 0 Å². The van der Waals surface area contributed by atoms with E-state index in [1.165, 1.54) is 10.8 Å². The molecule has 0 aliphatic rings. The molecule has 13 rings (SSSR count). The van der Waals surface area contributed by atoms with Crippen molar-refractivity contribution < 1.29 is 0 Å². The zero-order valence-electron chi connectivity index (χ0n) is 36.1. The zero-order valence-corrected chi connectivity index (χ0v) is 36.1. The van der Waals surface area contributed by atoms with Gasteiger partial charge in [0.05, 0.1) is 16.6 Å². The van der Waals surface area contributed by atoms with Gasteiger partial charge >= 0.3 is 0 Å². The summed E-state index contributed by atoms with van der Waals surface area (Å²) in [4.78, 5) is 20.5. The SMILES string of the molecule is c1ccc(-c2nc(-c3ccccc3)nc(-c3cccc(-c4ccc(-n5c6ccccc6c6c7c8c(nc(-c9ccccc9)n8-c8ccccc8)n(-c8ccccc8)c7ccc65)cc4)c3)n2)cc1. The molecule has 7 nitrogen and oxygen atoms in total. The van der Waals surface area contributed by atoms with Crippen LogP contribution in [0.1, 0.15) is 0 Å². The van der Waals surface area contributed by atoms with Gasteiger partial charge in [-0.15, -0.1) is 0 Å². The first-order valence-corrected chi connectivity index (χ1v) is 22.5. The van der Waals surface area contributed by atoms with Crippen LogP contribution in [-0.4, -0.2) is 33.6 Å². The molecule has 7 heteroatoms. The molecule has 0 amide bonds. The number of rotatable bonds is 8. The van der Waals surface area contributed by atoms with Gasteiger partial charge in [-0.3, -0.25) is 9.13 Å². The molecule has 4 heterocycles. The van der Waals surface area contributed by atoms with Crippen molar-refractivity contribution in [1.82, 2.24) is 33.6 Å². The van der Waals surface area contributed by atoms with Gasteiger partial charge in [-0.25, -0.2) is 19.9 Å². The molecule has 0 bridgehead atoms. The summed E-state index contributed by atoms with van der Waals surface area (Å²) >= 11 is 0. The summed E-state index contributed by atoms with van der Waals surface area (Å²) in [6.07, 6.45) is 0. The number of nitrogens with zero attached hydrogens (tertiary/aromatic N) is 7. The molecule has 0 atom stereocenters. The molecule has 0 spiro atoms. The first kappa shape index (κ1) is 38.3. The van der Waals surface area contributed by atoms with Crippen LogP contribution in [0.25, 0.3) is 118 Å². The van der Waals surface area contributed by atoms with E-state index in [9.17, 15) is 0 Å². The summed E-state index contributed by atoms with van der Waals surface area (Å²) in [5.74, 6) is 2.80. The predicted octanol–water partition coefficient (Wildman–Crippen LogP) is 14.6. The molecule has 0 fully saturated rings. The number of hydrogen-bond acceptors (Lipinski definition) is 4. The average Bonchev–Trinajstić information content (AvgIpc) is 4.07. The van der Waals surface area contributed by atoms with Gasteiger partial charge in [0.2, 0.25) is 0 Å². The maximum Gasteiger partial charge on any atom is 0.165 e. The van der Waals surface area contributed by atoms with Crippen LogP contribution in [0.4, 0.5) is 0 Å². The fourth-order valence-corrected chi connectivity index (χ4v) is 9.68. The van der Waals surface area contributed by atoms with Crippen LogP contribution in [-0.2, 0) is 0 Å². The minimum absolute atomic E-state index is 0.627. The number of imidazole rings is 1. The molecule has 67 heavy (non-hydrogen) atoms. The van der Waals surface area contributed by atoms with Gasteiger partial charge in [0, 0.05) is 55.5 Å². The molecule has 0 N–H and O–H groups in total. The molecular formula is C60H39N7. The van der Waals surface area contributed by atoms with Crippen molar-refractivity contribution in [3.05, 3.63) is 237 Å². The molecule has 0 aliphatic carbocycles. The Labute approximate surface area is 386 Å². The van der Waals surface area contributed by atoms with Crippen molar-refractivity contribution in [2.45, 2.75) is 0 Å². The molecule has 0 saturated heterocycles. The second-order valence-corrected chi connectivity index (χ2v) is 16.7. The summed E-state index contributed by atoms with van der Waals surface area (Å²) in [6, 6.07) is 82.6. The molecular weight excluding hydrogens is 819 g/mol. The van der Waals surface area contributed by atoms with Crippen molar-refractivity contribution in [3.8, 4) is 73.7 Å². The highest BCUT2D eigenvalue weighted by Crippen LogP contribution is 2.44. The Kier molecular flexibility index (Phi) is 9.03. The Hall–Kier alpha value is -9.20. The first-order valence-electron chi connectivity index (χ1n) is 22.5. The van der Waals surface area contributed by atoms with Crippen LogP contribution in [0, 0.1) is 0 Å². The topological polar surface area (TPSA) is 66.3 Å². The van der Waals surface area contributed by atoms with E-state index in [0.717, 1.165) is 89.4 Å². The number of fused-ring (bicyclic) bond motifs is 7. The van der Waals surface area contributed by atoms with E-state index in [-0.39, 0.29) is 0 Å². The maximum atomic E-state index is 5.53. The Morgan fingerprint density at radius 1 is 0.269 bits per heavy atom. The third-order valence-electron chi connectivity index (χ3n) is 12.7. The second-order valence-electron chi connectivity index (χ2n) is 16.7. The van der Waals surface area contributed by atoms with E-state index < -0.39 is 0 Å². The van der Waals surface area contributed by atoms with Gasteiger partial charge in [0.15, 0.2) is 23.1 Å². The Bertz CT molecular complexity index is 3870. The van der Waals surface area contributed by atoms with Crippen molar-refractivity contribution in [3.63, 3.8) is 0 Å². The highest BCUT2D eigenvalue weighted by atomic mass is 15.2. The van der Waals surface area contributed by atoms with E-state index in [2.05, 4.69) is 190 Å². The lowest BCUT2D eigenvalue weighted by atomic mass is 10.0. The summed E-state index contributed by atoms with van der Waals surface area (Å²) < 4.78 is 7.08. The molecule has 0 aliphatic heterocycles. The van der Waals surface area contributed by atoms with Crippen molar-refractivity contribution >= 4 is 43.9 Å². The van der Waals surface area contributed by atoms with Gasteiger partial charge in [-0.05, 0) is 71.8 Å². The van der Waals surface area contributed by atoms with Crippen LogP contribution in [0.15, 0.2) is 237 Å². The largest absolute Gasteiger partial charge is 0.309 e. The Morgan fingerprint density at radius 2 is 0.731 bits per heavy atom. The first-order chi connectivity index (χ1) is 33.2. The van der Waals surface area contributed by atoms with Gasteiger partial charge in [0.1, 0.15) is 11.3 Å². The minimum atomic E-state index is 0.627. The lowest BCUT2D eigenvalue weighted by Crippen LogP contribution is -2.00. The molecule has 13 aromatic rings. The number of aromatic nitrogens is 7. The van der Waals surface area contributed by atoms with Crippen molar-refractivity contribution in [1.29, 1.82) is 0 Å². The van der Waals surface area contributed by atoms with Crippen LogP contribution in [0.2, 0.25) is 0 Å². The van der Waals surface area contributed by atoms with Crippen LogP contribution in [0.5, 0.6) is 0 Å². The molecule has 314 valence electrons. The van der Waals surface area contributed by atoms with E-state index in [0.29, 0.717) is 17.5 Å². The fourth-order valence-electron chi connectivity index (χ4n) is 9.68. The summed E-state index contributed by atoms with van der Waals surface area (Å²) in [5.41, 5.74) is 14.5. The van der Waals surface area contributed by atoms with Crippen molar-refractivity contribution in [2.75, 3.05) is 0 Å². The minimum Gasteiger partial charge on any atom is -0.309 e. The lowest BCUT2D eigenvalue weighted by Gasteiger charge is -2.12.